The third kappa shape index (κ3) is 4.67. The van der Waals surface area contributed by atoms with Crippen LogP contribution in [0.25, 0.3) is 0 Å². The zero-order valence-electron chi connectivity index (χ0n) is 13.5. The van der Waals surface area contributed by atoms with E-state index in [0.29, 0.717) is 17.1 Å². The van der Waals surface area contributed by atoms with Crippen LogP contribution >= 0.6 is 11.6 Å². The molecule has 2 rings (SSSR count). The number of amides is 1. The van der Waals surface area contributed by atoms with E-state index in [2.05, 4.69) is 5.32 Å². The predicted molar refractivity (Wildman–Crippen MR) is 93.9 cm³/mol. The summed E-state index contributed by atoms with van der Waals surface area (Å²) in [4.78, 5) is 24.4. The summed E-state index contributed by atoms with van der Waals surface area (Å²) in [6, 6.07) is 12.9. The largest absolute Gasteiger partial charge is 0.325 e. The molecular weight excluding hydrogens is 310 g/mol. The topological polar surface area (TPSA) is 46.2 Å². The summed E-state index contributed by atoms with van der Waals surface area (Å²) in [5.41, 5.74) is 3.82. The van der Waals surface area contributed by atoms with Gasteiger partial charge in [0.15, 0.2) is 0 Å². The second-order valence-electron chi connectivity index (χ2n) is 5.79. The Morgan fingerprint density at radius 1 is 1.09 bits per heavy atom. The van der Waals surface area contributed by atoms with Gasteiger partial charge in [-0.15, -0.1) is 0 Å². The lowest BCUT2D eigenvalue weighted by atomic mass is 9.95. The summed E-state index contributed by atoms with van der Waals surface area (Å²) in [6.07, 6.45) is 0.340. The van der Waals surface area contributed by atoms with Gasteiger partial charge in [-0.25, -0.2) is 0 Å². The van der Waals surface area contributed by atoms with E-state index in [9.17, 15) is 9.59 Å². The van der Waals surface area contributed by atoms with Crippen LogP contribution in [0.2, 0.25) is 5.02 Å². The molecule has 0 saturated heterocycles. The van der Waals surface area contributed by atoms with Crippen LogP contribution in [0.1, 0.15) is 23.6 Å². The molecule has 0 fully saturated rings. The monoisotopic (exact) mass is 329 g/mol. The maximum atomic E-state index is 12.5. The van der Waals surface area contributed by atoms with Gasteiger partial charge in [0.25, 0.3) is 0 Å². The number of carbonyl (C=O) groups is 2. The van der Waals surface area contributed by atoms with Crippen molar-refractivity contribution in [1.82, 2.24) is 0 Å². The Kier molecular flexibility index (Phi) is 5.56. The molecule has 0 spiro atoms. The summed E-state index contributed by atoms with van der Waals surface area (Å²) in [6.45, 7) is 5.44. The van der Waals surface area contributed by atoms with Crippen molar-refractivity contribution in [3.05, 3.63) is 64.2 Å². The highest BCUT2D eigenvalue weighted by Gasteiger charge is 2.24. The summed E-state index contributed by atoms with van der Waals surface area (Å²) in [7, 11) is 0. The van der Waals surface area contributed by atoms with Crippen LogP contribution in [-0.4, -0.2) is 11.7 Å². The highest BCUT2D eigenvalue weighted by molar-refractivity contribution is 6.30. The quantitative estimate of drug-likeness (QED) is 0.829. The van der Waals surface area contributed by atoms with E-state index < -0.39 is 5.92 Å². The van der Waals surface area contributed by atoms with E-state index in [1.165, 1.54) is 6.92 Å². The molecule has 1 amide bonds. The van der Waals surface area contributed by atoms with Crippen LogP contribution in [-0.2, 0) is 16.0 Å². The Labute approximate surface area is 141 Å². The molecule has 4 heteroatoms. The van der Waals surface area contributed by atoms with Crippen LogP contribution < -0.4 is 5.32 Å². The molecule has 2 aromatic rings. The molecule has 0 aliphatic heterocycles. The molecule has 0 aliphatic rings. The minimum Gasteiger partial charge on any atom is -0.325 e. The maximum Gasteiger partial charge on any atom is 0.235 e. The summed E-state index contributed by atoms with van der Waals surface area (Å²) < 4.78 is 0. The van der Waals surface area contributed by atoms with Gasteiger partial charge in [0.1, 0.15) is 11.7 Å². The second-order valence-corrected chi connectivity index (χ2v) is 6.22. The number of halogens is 1. The number of aryl methyl sites for hydroxylation is 2. The first kappa shape index (κ1) is 17.2. The van der Waals surface area contributed by atoms with Crippen molar-refractivity contribution in [2.24, 2.45) is 5.92 Å². The first-order valence-electron chi connectivity index (χ1n) is 7.50. The number of Topliss-reactive ketones (excluding diaryl/α,β-unsaturated/α-hetero) is 1. The Bertz CT molecular complexity index is 740. The number of ketones is 1. The Hall–Kier alpha value is -2.13. The van der Waals surface area contributed by atoms with Gasteiger partial charge in [-0.2, -0.15) is 0 Å². The fourth-order valence-electron chi connectivity index (χ4n) is 2.37. The molecule has 1 N–H and O–H groups in total. The normalized spacial score (nSPS) is 11.8. The molecule has 0 aromatic heterocycles. The number of nitrogens with one attached hydrogen (secondary N) is 1. The zero-order valence-corrected chi connectivity index (χ0v) is 14.3. The first-order chi connectivity index (χ1) is 10.9. The maximum absolute atomic E-state index is 12.5. The van der Waals surface area contributed by atoms with Crippen molar-refractivity contribution < 1.29 is 9.59 Å². The lowest BCUT2D eigenvalue weighted by molar-refractivity contribution is -0.129. The van der Waals surface area contributed by atoms with Crippen molar-refractivity contribution in [3.8, 4) is 0 Å². The molecule has 0 aliphatic carbocycles. The van der Waals surface area contributed by atoms with Gasteiger partial charge in [-0.05, 0) is 68.1 Å². The van der Waals surface area contributed by atoms with Crippen molar-refractivity contribution in [3.63, 3.8) is 0 Å². The van der Waals surface area contributed by atoms with Crippen LogP contribution in [0.3, 0.4) is 0 Å². The van der Waals surface area contributed by atoms with Crippen LogP contribution in [0.5, 0.6) is 0 Å². The van der Waals surface area contributed by atoms with E-state index in [0.717, 1.165) is 16.7 Å². The van der Waals surface area contributed by atoms with Gasteiger partial charge >= 0.3 is 0 Å². The lowest BCUT2D eigenvalue weighted by Crippen LogP contribution is -2.30. The van der Waals surface area contributed by atoms with Gasteiger partial charge in [-0.1, -0.05) is 29.8 Å². The van der Waals surface area contributed by atoms with E-state index >= 15 is 0 Å². The summed E-state index contributed by atoms with van der Waals surface area (Å²) in [5, 5.41) is 3.43. The average Bonchev–Trinajstić information content (AvgIpc) is 2.48. The number of anilines is 1. The van der Waals surface area contributed by atoms with Crippen molar-refractivity contribution in [2.75, 3.05) is 5.32 Å². The number of rotatable bonds is 5. The molecule has 120 valence electrons. The third-order valence-corrected chi connectivity index (χ3v) is 4.15. The van der Waals surface area contributed by atoms with E-state index in [4.69, 9.17) is 11.6 Å². The number of hydrogen-bond acceptors (Lipinski definition) is 2. The van der Waals surface area contributed by atoms with Gasteiger partial charge in [0.2, 0.25) is 5.91 Å². The highest BCUT2D eigenvalue weighted by Crippen LogP contribution is 2.19. The standard InChI is InChI=1S/C19H20ClNO2/c1-12-7-8-17(9-13(12)2)21-19(23)18(14(3)22)11-15-5-4-6-16(20)10-15/h4-10,18H,11H2,1-3H3,(H,21,23). The highest BCUT2D eigenvalue weighted by atomic mass is 35.5. The molecule has 1 unspecified atom stereocenters. The molecule has 0 radical (unpaired) electrons. The van der Waals surface area contributed by atoms with E-state index in [-0.39, 0.29) is 11.7 Å². The Morgan fingerprint density at radius 2 is 1.83 bits per heavy atom. The molecule has 3 nitrogen and oxygen atoms in total. The van der Waals surface area contributed by atoms with Crippen LogP contribution in [0, 0.1) is 19.8 Å². The fourth-order valence-corrected chi connectivity index (χ4v) is 2.58. The number of benzene rings is 2. The molecule has 0 heterocycles. The molecule has 23 heavy (non-hydrogen) atoms. The molecule has 1 atom stereocenters. The molecule has 0 saturated carbocycles. The van der Waals surface area contributed by atoms with Gasteiger partial charge in [-0.3, -0.25) is 9.59 Å². The van der Waals surface area contributed by atoms with Gasteiger partial charge in [0, 0.05) is 10.7 Å². The predicted octanol–water partition coefficient (Wildman–Crippen LogP) is 4.34. The molecular formula is C19H20ClNO2. The smallest absolute Gasteiger partial charge is 0.235 e. The lowest BCUT2D eigenvalue weighted by Gasteiger charge is -2.15. The first-order valence-corrected chi connectivity index (χ1v) is 7.87. The molecule has 0 bridgehead atoms. The fraction of sp³-hybridized carbons (Fsp3) is 0.263. The average molecular weight is 330 g/mol. The number of hydrogen-bond donors (Lipinski definition) is 1. The Morgan fingerprint density at radius 3 is 2.43 bits per heavy atom. The second kappa shape index (κ2) is 7.42. The molecule has 2 aromatic carbocycles. The van der Waals surface area contributed by atoms with Crippen molar-refractivity contribution >= 4 is 29.0 Å². The number of carbonyl (C=O) groups excluding carboxylic acids is 2. The van der Waals surface area contributed by atoms with Crippen LogP contribution in [0.4, 0.5) is 5.69 Å². The van der Waals surface area contributed by atoms with Crippen molar-refractivity contribution in [1.29, 1.82) is 0 Å². The van der Waals surface area contributed by atoms with E-state index in [1.807, 2.05) is 44.2 Å². The SMILES string of the molecule is CC(=O)C(Cc1cccc(Cl)c1)C(=O)Nc1ccc(C)c(C)c1. The minimum atomic E-state index is -0.727. The van der Waals surface area contributed by atoms with Gasteiger partial charge in [0.05, 0.1) is 0 Å². The summed E-state index contributed by atoms with van der Waals surface area (Å²) in [5.74, 6) is -1.18. The third-order valence-electron chi connectivity index (χ3n) is 3.91. The van der Waals surface area contributed by atoms with Gasteiger partial charge < -0.3 is 5.32 Å². The Balaban J connectivity index is 2.15. The van der Waals surface area contributed by atoms with E-state index in [1.54, 1.807) is 12.1 Å². The van der Waals surface area contributed by atoms with Crippen molar-refractivity contribution in [2.45, 2.75) is 27.2 Å². The summed E-state index contributed by atoms with van der Waals surface area (Å²) >= 11 is 5.96. The van der Waals surface area contributed by atoms with Crippen LogP contribution in [0.15, 0.2) is 42.5 Å². The minimum absolute atomic E-state index is 0.161. The zero-order chi connectivity index (χ0) is 17.0.